The molecule has 0 radical (unpaired) electrons. The van der Waals surface area contributed by atoms with E-state index in [9.17, 15) is 0 Å². The molecule has 1 fully saturated rings. The first-order valence-corrected chi connectivity index (χ1v) is 7.04. The van der Waals surface area contributed by atoms with Gasteiger partial charge in [-0.1, -0.05) is 6.07 Å². The lowest BCUT2D eigenvalue weighted by Gasteiger charge is -2.34. The Morgan fingerprint density at radius 2 is 2.06 bits per heavy atom. The van der Waals surface area contributed by atoms with Crippen LogP contribution in [-0.4, -0.2) is 35.1 Å². The number of aryl methyl sites for hydroxylation is 1. The Balaban J connectivity index is 1.74. The fraction of sp³-hybridized carbons (Fsp3) is 0.667. The molecule has 0 saturated carbocycles. The first-order valence-electron chi connectivity index (χ1n) is 7.04. The Hall–Kier alpha value is -0.930. The molecule has 2 heterocycles. The minimum Gasteiger partial charge on any atom is -0.308 e. The van der Waals surface area contributed by atoms with Crippen LogP contribution in [0.4, 0.5) is 0 Å². The van der Waals surface area contributed by atoms with Gasteiger partial charge in [0.15, 0.2) is 0 Å². The van der Waals surface area contributed by atoms with E-state index in [1.165, 1.54) is 31.5 Å². The van der Waals surface area contributed by atoms with Crippen molar-refractivity contribution in [3.05, 3.63) is 29.6 Å². The summed E-state index contributed by atoms with van der Waals surface area (Å²) < 4.78 is 0. The highest BCUT2D eigenvalue weighted by Gasteiger charge is 2.20. The third-order valence-electron chi connectivity index (χ3n) is 3.80. The van der Waals surface area contributed by atoms with Crippen LogP contribution in [0.2, 0.25) is 0 Å². The molecule has 3 heteroatoms. The zero-order valence-corrected chi connectivity index (χ0v) is 11.8. The molecule has 0 atom stereocenters. The van der Waals surface area contributed by atoms with Crippen LogP contribution in [0.1, 0.15) is 37.9 Å². The van der Waals surface area contributed by atoms with Crippen LogP contribution in [0.25, 0.3) is 0 Å². The van der Waals surface area contributed by atoms with Gasteiger partial charge in [-0.05, 0) is 58.3 Å². The molecule has 0 amide bonds. The van der Waals surface area contributed by atoms with Gasteiger partial charge in [0.05, 0.1) is 5.69 Å². The summed E-state index contributed by atoms with van der Waals surface area (Å²) in [5, 5.41) is 3.63. The molecule has 1 aromatic rings. The Kier molecular flexibility index (Phi) is 4.72. The van der Waals surface area contributed by atoms with E-state index in [2.05, 4.69) is 48.1 Å². The van der Waals surface area contributed by atoms with Crippen molar-refractivity contribution < 1.29 is 0 Å². The van der Waals surface area contributed by atoms with Crippen molar-refractivity contribution in [2.24, 2.45) is 0 Å². The molecule has 3 nitrogen and oxygen atoms in total. The average molecular weight is 247 g/mol. The molecule has 0 aliphatic carbocycles. The Morgan fingerprint density at radius 1 is 1.33 bits per heavy atom. The summed E-state index contributed by atoms with van der Waals surface area (Å²) in [5.41, 5.74) is 2.37. The summed E-state index contributed by atoms with van der Waals surface area (Å²) in [6.07, 6.45) is 4.45. The molecular weight excluding hydrogens is 222 g/mol. The molecule has 100 valence electrons. The van der Waals surface area contributed by atoms with Crippen LogP contribution in [0, 0.1) is 6.92 Å². The van der Waals surface area contributed by atoms with E-state index < -0.39 is 0 Å². The van der Waals surface area contributed by atoms with E-state index in [1.54, 1.807) is 0 Å². The fourth-order valence-corrected chi connectivity index (χ4v) is 2.47. The smallest absolute Gasteiger partial charge is 0.0541 e. The Morgan fingerprint density at radius 3 is 2.61 bits per heavy atom. The molecule has 0 aromatic carbocycles. The molecule has 0 bridgehead atoms. The molecule has 0 spiro atoms. The zero-order chi connectivity index (χ0) is 13.0. The molecule has 0 unspecified atom stereocenters. The van der Waals surface area contributed by atoms with Crippen molar-refractivity contribution in [1.82, 2.24) is 15.2 Å². The van der Waals surface area contributed by atoms with Crippen LogP contribution in [0.3, 0.4) is 0 Å². The zero-order valence-electron chi connectivity index (χ0n) is 11.8. The van der Waals surface area contributed by atoms with E-state index in [-0.39, 0.29) is 0 Å². The van der Waals surface area contributed by atoms with Crippen LogP contribution in [-0.2, 0) is 6.54 Å². The van der Waals surface area contributed by atoms with Gasteiger partial charge in [0.25, 0.3) is 0 Å². The maximum absolute atomic E-state index is 4.43. The lowest BCUT2D eigenvalue weighted by Crippen LogP contribution is -2.44. The van der Waals surface area contributed by atoms with Crippen molar-refractivity contribution in [2.75, 3.05) is 13.1 Å². The molecule has 1 aromatic heterocycles. The number of piperidine rings is 1. The summed E-state index contributed by atoms with van der Waals surface area (Å²) in [5.74, 6) is 0. The Labute approximate surface area is 111 Å². The number of nitrogens with one attached hydrogen (secondary N) is 1. The first kappa shape index (κ1) is 13.5. The molecule has 1 N–H and O–H groups in total. The van der Waals surface area contributed by atoms with Gasteiger partial charge in [-0.15, -0.1) is 0 Å². The van der Waals surface area contributed by atoms with E-state index in [0.717, 1.165) is 12.2 Å². The van der Waals surface area contributed by atoms with E-state index >= 15 is 0 Å². The highest BCUT2D eigenvalue weighted by molar-refractivity contribution is 5.12. The molecule has 2 rings (SSSR count). The number of rotatable bonds is 4. The summed E-state index contributed by atoms with van der Waals surface area (Å²) >= 11 is 0. The molecule has 1 aliphatic rings. The maximum atomic E-state index is 4.43. The van der Waals surface area contributed by atoms with Gasteiger partial charge in [-0.25, -0.2) is 0 Å². The van der Waals surface area contributed by atoms with Gasteiger partial charge in [0.2, 0.25) is 0 Å². The monoisotopic (exact) mass is 247 g/mol. The number of nitrogens with zero attached hydrogens (tertiary/aromatic N) is 2. The third-order valence-corrected chi connectivity index (χ3v) is 3.80. The van der Waals surface area contributed by atoms with Crippen molar-refractivity contribution in [1.29, 1.82) is 0 Å². The average Bonchev–Trinajstić information content (AvgIpc) is 2.38. The summed E-state index contributed by atoms with van der Waals surface area (Å²) in [7, 11) is 0. The summed E-state index contributed by atoms with van der Waals surface area (Å²) in [6.45, 7) is 9.97. The number of aromatic nitrogens is 1. The number of pyridine rings is 1. The second kappa shape index (κ2) is 6.30. The second-order valence-electron chi connectivity index (χ2n) is 5.61. The topological polar surface area (TPSA) is 28.2 Å². The predicted octanol–water partition coefficient (Wildman–Crippen LogP) is 2.35. The van der Waals surface area contributed by atoms with Crippen LogP contribution < -0.4 is 5.32 Å². The number of likely N-dealkylation sites (tertiary alicyclic amines) is 1. The maximum Gasteiger partial charge on any atom is 0.0541 e. The van der Waals surface area contributed by atoms with E-state index in [0.29, 0.717) is 12.1 Å². The predicted molar refractivity (Wildman–Crippen MR) is 75.5 cm³/mol. The van der Waals surface area contributed by atoms with Crippen molar-refractivity contribution in [2.45, 2.75) is 52.2 Å². The quantitative estimate of drug-likeness (QED) is 0.885. The highest BCUT2D eigenvalue weighted by atomic mass is 15.2. The van der Waals surface area contributed by atoms with Crippen molar-refractivity contribution in [3.8, 4) is 0 Å². The van der Waals surface area contributed by atoms with E-state index in [1.807, 2.05) is 6.20 Å². The van der Waals surface area contributed by atoms with Crippen LogP contribution in [0.5, 0.6) is 0 Å². The van der Waals surface area contributed by atoms with Crippen molar-refractivity contribution >= 4 is 0 Å². The standard InChI is InChI=1S/C15H25N3/c1-12(2)18-8-6-14(7-9-18)17-11-15-5-4-13(3)10-16-15/h4-5,10,12,14,17H,6-9,11H2,1-3H3. The highest BCUT2D eigenvalue weighted by Crippen LogP contribution is 2.13. The number of hydrogen-bond acceptors (Lipinski definition) is 3. The van der Waals surface area contributed by atoms with Gasteiger partial charge >= 0.3 is 0 Å². The van der Waals surface area contributed by atoms with Gasteiger partial charge in [0.1, 0.15) is 0 Å². The van der Waals surface area contributed by atoms with Crippen LogP contribution >= 0.6 is 0 Å². The molecule has 18 heavy (non-hydrogen) atoms. The molecule has 1 aliphatic heterocycles. The normalized spacial score (nSPS) is 18.4. The van der Waals surface area contributed by atoms with Gasteiger partial charge in [-0.3, -0.25) is 4.98 Å². The fourth-order valence-electron chi connectivity index (χ4n) is 2.47. The minimum absolute atomic E-state index is 0.656. The molecule has 1 saturated heterocycles. The lowest BCUT2D eigenvalue weighted by atomic mass is 10.0. The third kappa shape index (κ3) is 3.79. The lowest BCUT2D eigenvalue weighted by molar-refractivity contribution is 0.160. The van der Waals surface area contributed by atoms with Crippen molar-refractivity contribution in [3.63, 3.8) is 0 Å². The van der Waals surface area contributed by atoms with E-state index in [4.69, 9.17) is 0 Å². The summed E-state index contributed by atoms with van der Waals surface area (Å²) in [6, 6.07) is 5.59. The first-order chi connectivity index (χ1) is 8.65. The SMILES string of the molecule is Cc1ccc(CNC2CCN(C(C)C)CC2)nc1. The largest absolute Gasteiger partial charge is 0.308 e. The minimum atomic E-state index is 0.656. The Bertz CT molecular complexity index is 351. The summed E-state index contributed by atoms with van der Waals surface area (Å²) in [4.78, 5) is 6.99. The van der Waals surface area contributed by atoms with Crippen LogP contribution in [0.15, 0.2) is 18.3 Å². The second-order valence-corrected chi connectivity index (χ2v) is 5.61. The van der Waals surface area contributed by atoms with Gasteiger partial charge < -0.3 is 10.2 Å². The van der Waals surface area contributed by atoms with Gasteiger partial charge in [-0.2, -0.15) is 0 Å². The number of hydrogen-bond donors (Lipinski definition) is 1. The van der Waals surface area contributed by atoms with Gasteiger partial charge in [0, 0.05) is 24.8 Å². The molecular formula is C15H25N3.